The van der Waals surface area contributed by atoms with Crippen molar-refractivity contribution in [2.24, 2.45) is 5.92 Å². The second kappa shape index (κ2) is 10.1. The first-order valence-electron chi connectivity index (χ1n) is 6.49. The second-order valence-electron chi connectivity index (χ2n) is 4.76. The highest BCUT2D eigenvalue weighted by atomic mass is 79.9. The van der Waals surface area contributed by atoms with Crippen LogP contribution in [0.4, 0.5) is 0 Å². The Morgan fingerprint density at radius 2 is 1.81 bits per heavy atom. The van der Waals surface area contributed by atoms with Crippen molar-refractivity contribution in [3.63, 3.8) is 0 Å². The van der Waals surface area contributed by atoms with Gasteiger partial charge in [0.15, 0.2) is 0 Å². The third kappa shape index (κ3) is 9.20. The number of alkyl halides is 1. The van der Waals surface area contributed by atoms with Crippen molar-refractivity contribution in [2.45, 2.75) is 64.1 Å². The molecule has 0 radical (unpaired) electrons. The molecule has 0 aliphatic heterocycles. The van der Waals surface area contributed by atoms with E-state index in [0.29, 0.717) is 0 Å². The number of nitrogens with one attached hydrogen (secondary N) is 1. The summed E-state index contributed by atoms with van der Waals surface area (Å²) in [7, 11) is 0. The fourth-order valence-electron chi connectivity index (χ4n) is 1.54. The summed E-state index contributed by atoms with van der Waals surface area (Å²) < 4.78 is 0. The highest BCUT2D eigenvalue weighted by molar-refractivity contribution is 9.10. The number of hydrogen-bond acceptors (Lipinski definition) is 1. The number of amides is 1. The molecule has 3 heteroatoms. The molecule has 0 bridgehead atoms. The van der Waals surface area contributed by atoms with Crippen LogP contribution in [0.2, 0.25) is 0 Å². The minimum Gasteiger partial charge on any atom is -0.355 e. The van der Waals surface area contributed by atoms with E-state index in [0.717, 1.165) is 25.3 Å². The average molecular weight is 292 g/mol. The summed E-state index contributed by atoms with van der Waals surface area (Å²) in [4.78, 5) is 11.4. The molecule has 2 nitrogen and oxygen atoms in total. The van der Waals surface area contributed by atoms with Crippen molar-refractivity contribution >= 4 is 21.8 Å². The molecule has 0 spiro atoms. The van der Waals surface area contributed by atoms with Crippen LogP contribution in [0, 0.1) is 5.92 Å². The van der Waals surface area contributed by atoms with Gasteiger partial charge < -0.3 is 5.32 Å². The summed E-state index contributed by atoms with van der Waals surface area (Å²) in [5.41, 5.74) is 0. The topological polar surface area (TPSA) is 29.1 Å². The van der Waals surface area contributed by atoms with Gasteiger partial charge in [0.25, 0.3) is 0 Å². The van der Waals surface area contributed by atoms with Gasteiger partial charge in [-0.1, -0.05) is 62.4 Å². The Kier molecular flexibility index (Phi) is 10.1. The molecule has 0 saturated heterocycles. The average Bonchev–Trinajstić information content (AvgIpc) is 2.25. The lowest BCUT2D eigenvalue weighted by atomic mass is 10.0. The lowest BCUT2D eigenvalue weighted by Gasteiger charge is -2.08. The Bertz CT molecular complexity index is 183. The van der Waals surface area contributed by atoms with Gasteiger partial charge in [-0.2, -0.15) is 0 Å². The van der Waals surface area contributed by atoms with Gasteiger partial charge >= 0.3 is 0 Å². The van der Waals surface area contributed by atoms with E-state index in [-0.39, 0.29) is 10.7 Å². The molecule has 16 heavy (non-hydrogen) atoms. The first-order chi connectivity index (χ1) is 7.57. The number of carbonyl (C=O) groups is 1. The maximum absolute atomic E-state index is 11.4. The van der Waals surface area contributed by atoms with Gasteiger partial charge in [-0.3, -0.25) is 4.79 Å². The third-order valence-electron chi connectivity index (χ3n) is 2.65. The molecule has 1 atom stereocenters. The van der Waals surface area contributed by atoms with Crippen LogP contribution in [0.1, 0.15) is 59.3 Å². The van der Waals surface area contributed by atoms with Crippen LogP contribution >= 0.6 is 15.9 Å². The van der Waals surface area contributed by atoms with Crippen LogP contribution in [0.25, 0.3) is 0 Å². The normalized spacial score (nSPS) is 12.8. The first kappa shape index (κ1) is 16.0. The standard InChI is InChI=1S/C13H26BrNO/c1-4-12(14)13(16)15-10-8-6-5-7-9-11(2)3/h11-12H,4-10H2,1-3H3,(H,15,16). The van der Waals surface area contributed by atoms with Gasteiger partial charge in [0.1, 0.15) is 0 Å². The van der Waals surface area contributed by atoms with Crippen molar-refractivity contribution in [3.05, 3.63) is 0 Å². The minimum atomic E-state index is -0.0200. The molecule has 0 aromatic rings. The summed E-state index contributed by atoms with van der Waals surface area (Å²) in [6.45, 7) is 7.36. The van der Waals surface area contributed by atoms with Gasteiger partial charge in [-0.25, -0.2) is 0 Å². The number of carbonyl (C=O) groups excluding carboxylic acids is 1. The SMILES string of the molecule is CCC(Br)C(=O)NCCCCCCC(C)C. The van der Waals surface area contributed by atoms with Gasteiger partial charge in [-0.15, -0.1) is 0 Å². The molecule has 0 rings (SSSR count). The van der Waals surface area contributed by atoms with Crippen LogP contribution in [0.3, 0.4) is 0 Å². The third-order valence-corrected chi connectivity index (χ3v) is 3.71. The molecule has 0 heterocycles. The first-order valence-corrected chi connectivity index (χ1v) is 7.41. The van der Waals surface area contributed by atoms with E-state index in [2.05, 4.69) is 35.1 Å². The van der Waals surface area contributed by atoms with Crippen molar-refractivity contribution in [1.29, 1.82) is 0 Å². The van der Waals surface area contributed by atoms with E-state index in [1.807, 2.05) is 6.92 Å². The Labute approximate surface area is 109 Å². The molecule has 0 saturated carbocycles. The summed E-state index contributed by atoms with van der Waals surface area (Å²) in [5.74, 6) is 0.947. The Morgan fingerprint density at radius 3 is 2.38 bits per heavy atom. The Morgan fingerprint density at radius 1 is 1.19 bits per heavy atom. The molecule has 0 aliphatic rings. The number of unbranched alkanes of at least 4 members (excludes halogenated alkanes) is 3. The molecule has 1 N–H and O–H groups in total. The van der Waals surface area contributed by atoms with E-state index in [9.17, 15) is 4.79 Å². The maximum Gasteiger partial charge on any atom is 0.233 e. The van der Waals surface area contributed by atoms with Crippen LogP contribution in [-0.2, 0) is 4.79 Å². The van der Waals surface area contributed by atoms with Gasteiger partial charge in [0.05, 0.1) is 4.83 Å². The fourth-order valence-corrected chi connectivity index (χ4v) is 1.70. The lowest BCUT2D eigenvalue weighted by molar-refractivity contribution is -0.120. The van der Waals surface area contributed by atoms with Crippen molar-refractivity contribution < 1.29 is 4.79 Å². The second-order valence-corrected chi connectivity index (χ2v) is 5.87. The molecule has 0 aromatic heterocycles. The zero-order valence-corrected chi connectivity index (χ0v) is 12.5. The predicted molar refractivity (Wildman–Crippen MR) is 73.9 cm³/mol. The number of halogens is 1. The van der Waals surface area contributed by atoms with Gasteiger partial charge in [0, 0.05) is 6.54 Å². The summed E-state index contributed by atoms with van der Waals surface area (Å²) in [6.07, 6.45) is 7.12. The molecule has 0 aliphatic carbocycles. The fraction of sp³-hybridized carbons (Fsp3) is 0.923. The molecular formula is C13H26BrNO. The highest BCUT2D eigenvalue weighted by Gasteiger charge is 2.10. The molecule has 0 fully saturated rings. The molecule has 0 aromatic carbocycles. The van der Waals surface area contributed by atoms with Crippen LogP contribution in [-0.4, -0.2) is 17.3 Å². The summed E-state index contributed by atoms with van der Waals surface area (Å²) in [5, 5.41) is 2.95. The van der Waals surface area contributed by atoms with E-state index >= 15 is 0 Å². The minimum absolute atomic E-state index is 0.0200. The number of hydrogen-bond donors (Lipinski definition) is 1. The van der Waals surface area contributed by atoms with Gasteiger partial charge in [0.2, 0.25) is 5.91 Å². The van der Waals surface area contributed by atoms with Crippen molar-refractivity contribution in [2.75, 3.05) is 6.54 Å². The van der Waals surface area contributed by atoms with Crippen LogP contribution < -0.4 is 5.32 Å². The molecule has 1 unspecified atom stereocenters. The van der Waals surface area contributed by atoms with Crippen molar-refractivity contribution in [1.82, 2.24) is 5.32 Å². The van der Waals surface area contributed by atoms with Gasteiger partial charge in [-0.05, 0) is 18.8 Å². The lowest BCUT2D eigenvalue weighted by Crippen LogP contribution is -2.31. The zero-order valence-electron chi connectivity index (χ0n) is 10.9. The smallest absolute Gasteiger partial charge is 0.233 e. The maximum atomic E-state index is 11.4. The van der Waals surface area contributed by atoms with Crippen LogP contribution in [0.5, 0.6) is 0 Å². The molecule has 1 amide bonds. The Hall–Kier alpha value is -0.0500. The van der Waals surface area contributed by atoms with E-state index < -0.39 is 0 Å². The van der Waals surface area contributed by atoms with E-state index in [1.165, 1.54) is 25.7 Å². The summed E-state index contributed by atoms with van der Waals surface area (Å²) in [6, 6.07) is 0. The quantitative estimate of drug-likeness (QED) is 0.507. The largest absolute Gasteiger partial charge is 0.355 e. The zero-order chi connectivity index (χ0) is 12.4. The molecular weight excluding hydrogens is 266 g/mol. The van der Waals surface area contributed by atoms with E-state index in [1.54, 1.807) is 0 Å². The Balaban J connectivity index is 3.24. The van der Waals surface area contributed by atoms with Crippen molar-refractivity contribution in [3.8, 4) is 0 Å². The van der Waals surface area contributed by atoms with Crippen LogP contribution in [0.15, 0.2) is 0 Å². The monoisotopic (exact) mass is 291 g/mol. The van der Waals surface area contributed by atoms with E-state index in [4.69, 9.17) is 0 Å². The highest BCUT2D eigenvalue weighted by Crippen LogP contribution is 2.09. The molecule has 96 valence electrons. The number of rotatable bonds is 9. The summed E-state index contributed by atoms with van der Waals surface area (Å²) >= 11 is 3.34. The predicted octanol–water partition coefficient (Wildman–Crippen LogP) is 3.88.